The Bertz CT molecular complexity index is 1420. The maximum Gasteiger partial charge on any atom is 0.247 e. The molecule has 0 unspecified atom stereocenters. The summed E-state index contributed by atoms with van der Waals surface area (Å²) in [6.45, 7) is 11.1. The van der Waals surface area contributed by atoms with Gasteiger partial charge in [0, 0.05) is 43.8 Å². The molecule has 220 valence electrons. The number of aliphatic imine (C=N–C) groups is 1. The fourth-order valence-corrected chi connectivity index (χ4v) is 3.83. The molecule has 3 aromatic rings. The number of carbonyl (C=O) groups excluding carboxylic acids is 1. The van der Waals surface area contributed by atoms with E-state index in [0.717, 1.165) is 36.0 Å². The highest BCUT2D eigenvalue weighted by Gasteiger charge is 2.16. The Kier molecular flexibility index (Phi) is 11.8. The van der Waals surface area contributed by atoms with Crippen molar-refractivity contribution in [2.24, 2.45) is 4.99 Å². The van der Waals surface area contributed by atoms with Gasteiger partial charge in [0.2, 0.25) is 5.91 Å². The highest BCUT2D eigenvalue weighted by molar-refractivity contribution is 6.03. The van der Waals surface area contributed by atoms with E-state index >= 15 is 0 Å². The van der Waals surface area contributed by atoms with Gasteiger partial charge in [-0.05, 0) is 75.6 Å². The average Bonchev–Trinajstić information content (AvgIpc) is 2.97. The summed E-state index contributed by atoms with van der Waals surface area (Å²) in [7, 11) is 7.61. The van der Waals surface area contributed by atoms with E-state index < -0.39 is 0 Å². The van der Waals surface area contributed by atoms with Crippen LogP contribution in [0.1, 0.15) is 6.92 Å². The number of anilines is 4. The van der Waals surface area contributed by atoms with E-state index in [1.54, 1.807) is 19.4 Å². The van der Waals surface area contributed by atoms with Gasteiger partial charge in [-0.25, -0.2) is 4.99 Å². The zero-order chi connectivity index (χ0) is 30.5. The van der Waals surface area contributed by atoms with Crippen molar-refractivity contribution in [1.82, 2.24) is 4.90 Å². The SMILES string of the molecule is C=CC(=O)Nc1cc(NC(C)=N/C=C\C(=C)Nc2ccc(Oc3ccccc3)cc2)c(OC)cc1N(C)CCN(C)C. The molecular formula is C33H40N6O3. The van der Waals surface area contributed by atoms with Crippen molar-refractivity contribution in [3.05, 3.63) is 104 Å². The number of nitrogens with one attached hydrogen (secondary N) is 3. The summed E-state index contributed by atoms with van der Waals surface area (Å²) in [6, 6.07) is 21.0. The van der Waals surface area contributed by atoms with Crippen molar-refractivity contribution < 1.29 is 14.3 Å². The van der Waals surface area contributed by atoms with Gasteiger partial charge in [0.1, 0.15) is 23.1 Å². The van der Waals surface area contributed by atoms with Crippen molar-refractivity contribution in [1.29, 1.82) is 0 Å². The molecule has 0 spiro atoms. The smallest absolute Gasteiger partial charge is 0.247 e. The number of likely N-dealkylation sites (N-methyl/N-ethyl adjacent to an activating group) is 2. The van der Waals surface area contributed by atoms with Crippen molar-refractivity contribution in [2.75, 3.05) is 62.2 Å². The molecule has 3 rings (SSSR count). The number of amides is 1. The Morgan fingerprint density at radius 3 is 2.26 bits per heavy atom. The first-order valence-electron chi connectivity index (χ1n) is 13.5. The zero-order valence-electron chi connectivity index (χ0n) is 25.0. The maximum absolute atomic E-state index is 12.2. The van der Waals surface area contributed by atoms with Crippen LogP contribution < -0.4 is 30.3 Å². The van der Waals surface area contributed by atoms with Crippen LogP contribution in [0.4, 0.5) is 22.7 Å². The Morgan fingerprint density at radius 1 is 0.929 bits per heavy atom. The first-order chi connectivity index (χ1) is 20.2. The van der Waals surface area contributed by atoms with Crippen LogP contribution in [0.25, 0.3) is 0 Å². The van der Waals surface area contributed by atoms with Crippen LogP contribution in [0.3, 0.4) is 0 Å². The molecule has 42 heavy (non-hydrogen) atoms. The third-order valence-corrected chi connectivity index (χ3v) is 6.05. The van der Waals surface area contributed by atoms with Gasteiger partial charge in [0.05, 0.1) is 24.2 Å². The monoisotopic (exact) mass is 568 g/mol. The maximum atomic E-state index is 12.2. The minimum absolute atomic E-state index is 0.300. The summed E-state index contributed by atoms with van der Waals surface area (Å²) in [5.41, 5.74) is 3.65. The average molecular weight is 569 g/mol. The summed E-state index contributed by atoms with van der Waals surface area (Å²) >= 11 is 0. The molecule has 1 amide bonds. The van der Waals surface area contributed by atoms with Gasteiger partial charge in [-0.2, -0.15) is 0 Å². The van der Waals surface area contributed by atoms with Crippen LogP contribution in [0.5, 0.6) is 17.2 Å². The molecule has 9 nitrogen and oxygen atoms in total. The number of methoxy groups -OCH3 is 1. The number of para-hydroxylation sites is 1. The second-order valence-electron chi connectivity index (χ2n) is 9.73. The molecule has 0 radical (unpaired) electrons. The highest BCUT2D eigenvalue weighted by Crippen LogP contribution is 2.37. The molecule has 0 aliphatic heterocycles. The number of hydrogen-bond acceptors (Lipinski definition) is 7. The molecule has 0 fully saturated rings. The fraction of sp³-hybridized carbons (Fsp3) is 0.212. The normalized spacial score (nSPS) is 11.2. The number of allylic oxidation sites excluding steroid dienone is 1. The minimum atomic E-state index is -0.300. The Labute approximate surface area is 248 Å². The summed E-state index contributed by atoms with van der Waals surface area (Å²) in [4.78, 5) is 20.8. The predicted molar refractivity (Wildman–Crippen MR) is 175 cm³/mol. The molecule has 0 aliphatic rings. The molecule has 0 atom stereocenters. The van der Waals surface area contributed by atoms with E-state index in [-0.39, 0.29) is 5.91 Å². The summed E-state index contributed by atoms with van der Waals surface area (Å²) < 4.78 is 11.5. The van der Waals surface area contributed by atoms with Crippen LogP contribution in [0.15, 0.2) is 109 Å². The van der Waals surface area contributed by atoms with Crippen LogP contribution in [-0.4, -0.2) is 58.0 Å². The number of rotatable bonds is 14. The number of benzene rings is 3. The van der Waals surface area contributed by atoms with E-state index in [1.165, 1.54) is 6.08 Å². The van der Waals surface area contributed by atoms with E-state index in [9.17, 15) is 4.79 Å². The molecule has 0 aromatic heterocycles. The van der Waals surface area contributed by atoms with Crippen molar-refractivity contribution in [2.45, 2.75) is 6.92 Å². The van der Waals surface area contributed by atoms with Crippen LogP contribution in [0, 0.1) is 0 Å². The summed E-state index contributed by atoms with van der Waals surface area (Å²) in [5, 5.41) is 9.40. The largest absolute Gasteiger partial charge is 0.494 e. The van der Waals surface area contributed by atoms with Crippen molar-refractivity contribution in [3.8, 4) is 17.2 Å². The minimum Gasteiger partial charge on any atom is -0.494 e. The summed E-state index contributed by atoms with van der Waals surface area (Å²) in [5.74, 6) is 2.46. The number of carbonyl (C=O) groups is 1. The molecule has 0 saturated heterocycles. The molecular weight excluding hydrogens is 528 g/mol. The highest BCUT2D eigenvalue weighted by atomic mass is 16.5. The van der Waals surface area contributed by atoms with Gasteiger partial charge in [-0.15, -0.1) is 0 Å². The Balaban J connectivity index is 1.66. The van der Waals surface area contributed by atoms with Gasteiger partial charge in [-0.3, -0.25) is 4.79 Å². The third-order valence-electron chi connectivity index (χ3n) is 6.05. The molecule has 3 N–H and O–H groups in total. The van der Waals surface area contributed by atoms with Gasteiger partial charge < -0.3 is 35.2 Å². The topological polar surface area (TPSA) is 90.5 Å². The standard InChI is InChI=1S/C33H40N6O3/c1-8-33(40)37-29-22-30(32(41-7)23-31(29)39(6)21-20-38(4)5)36-25(3)34-19-18-24(2)35-26-14-16-28(17-15-26)42-27-12-10-9-11-13-27/h8-19,22-23,35H,1-2,20-21H2,3-7H3,(H,34,36)(H,37,40)/b19-18-. The molecule has 0 saturated carbocycles. The second kappa shape index (κ2) is 15.7. The van der Waals surface area contributed by atoms with Gasteiger partial charge in [-0.1, -0.05) is 31.4 Å². The van der Waals surface area contributed by atoms with Crippen molar-refractivity contribution >= 4 is 34.5 Å². The zero-order valence-corrected chi connectivity index (χ0v) is 25.0. The lowest BCUT2D eigenvalue weighted by Gasteiger charge is -2.26. The van der Waals surface area contributed by atoms with Crippen LogP contribution in [0.2, 0.25) is 0 Å². The lowest BCUT2D eigenvalue weighted by molar-refractivity contribution is -0.111. The number of ether oxygens (including phenoxy) is 2. The quantitative estimate of drug-likeness (QED) is 0.0876. The number of nitrogens with zero attached hydrogens (tertiary/aromatic N) is 3. The van der Waals surface area contributed by atoms with Crippen LogP contribution in [-0.2, 0) is 4.79 Å². The van der Waals surface area contributed by atoms with Crippen LogP contribution >= 0.6 is 0 Å². The summed E-state index contributed by atoms with van der Waals surface area (Å²) in [6.07, 6.45) is 4.67. The number of amidine groups is 1. The molecule has 0 bridgehead atoms. The second-order valence-corrected chi connectivity index (χ2v) is 9.73. The van der Waals surface area contributed by atoms with Gasteiger partial charge >= 0.3 is 0 Å². The molecule has 0 heterocycles. The molecule has 3 aromatic carbocycles. The Hall–Kier alpha value is -5.02. The number of hydrogen-bond donors (Lipinski definition) is 3. The predicted octanol–water partition coefficient (Wildman–Crippen LogP) is 6.58. The Morgan fingerprint density at radius 2 is 1.62 bits per heavy atom. The van der Waals surface area contributed by atoms with Crippen molar-refractivity contribution in [3.63, 3.8) is 0 Å². The van der Waals surface area contributed by atoms with Gasteiger partial charge in [0.25, 0.3) is 0 Å². The first kappa shape index (κ1) is 31.5. The molecule has 9 heteroatoms. The van der Waals surface area contributed by atoms with E-state index in [1.807, 2.05) is 94.8 Å². The van der Waals surface area contributed by atoms with E-state index in [0.29, 0.717) is 28.7 Å². The lowest BCUT2D eigenvalue weighted by atomic mass is 10.2. The van der Waals surface area contributed by atoms with Gasteiger partial charge in [0.15, 0.2) is 0 Å². The van der Waals surface area contributed by atoms with E-state index in [4.69, 9.17) is 9.47 Å². The first-order valence-corrected chi connectivity index (χ1v) is 13.5. The fourth-order valence-electron chi connectivity index (χ4n) is 3.83. The lowest BCUT2D eigenvalue weighted by Crippen LogP contribution is -2.29. The third kappa shape index (κ3) is 9.87. The molecule has 0 aliphatic carbocycles. The van der Waals surface area contributed by atoms with E-state index in [2.05, 4.69) is 43.9 Å².